The van der Waals surface area contributed by atoms with Gasteiger partial charge < -0.3 is 9.32 Å². The first-order chi connectivity index (χ1) is 17.9. The molecule has 12 heteroatoms. The molecule has 0 saturated carbocycles. The van der Waals surface area contributed by atoms with E-state index in [1.807, 2.05) is 64.1 Å². The summed E-state index contributed by atoms with van der Waals surface area (Å²) in [5.41, 5.74) is 2.53. The Morgan fingerprint density at radius 3 is 2.00 bits per heavy atom. The molecule has 2 aromatic rings. The van der Waals surface area contributed by atoms with Gasteiger partial charge >= 0.3 is 0 Å². The van der Waals surface area contributed by atoms with Crippen molar-refractivity contribution in [1.29, 1.82) is 0 Å². The molecule has 203 valence electrons. The number of rotatable bonds is 8. The van der Waals surface area contributed by atoms with Crippen LogP contribution in [0.3, 0.4) is 0 Å². The number of anilines is 1. The van der Waals surface area contributed by atoms with Crippen LogP contribution in [0.1, 0.15) is 27.7 Å². The normalized spacial score (nSPS) is 11.9. The van der Waals surface area contributed by atoms with Gasteiger partial charge in [-0.25, -0.2) is 4.58 Å². The third-order valence-electron chi connectivity index (χ3n) is 6.74. The number of hydrogen-bond acceptors (Lipinski definition) is 6. The molecular formula is C27H31N2NaO7S2+. The molecule has 4 rings (SSSR count). The van der Waals surface area contributed by atoms with Crippen LogP contribution in [0.4, 0.5) is 5.69 Å². The smallest absolute Gasteiger partial charge is 0.295 e. The Kier molecular flexibility index (Phi) is 9.70. The monoisotopic (exact) mass is 582 g/mol. The summed E-state index contributed by atoms with van der Waals surface area (Å²) in [7, 11) is -9.60. The van der Waals surface area contributed by atoms with Crippen molar-refractivity contribution < 1.29 is 30.4 Å². The van der Waals surface area contributed by atoms with E-state index in [0.717, 1.165) is 49.4 Å². The van der Waals surface area contributed by atoms with Crippen molar-refractivity contribution in [2.45, 2.75) is 37.5 Å². The molecule has 1 radical (unpaired) electrons. The molecule has 0 amide bonds. The van der Waals surface area contributed by atoms with E-state index in [-0.39, 0.29) is 35.1 Å². The van der Waals surface area contributed by atoms with E-state index in [9.17, 15) is 25.9 Å². The van der Waals surface area contributed by atoms with Crippen molar-refractivity contribution in [1.82, 2.24) is 4.58 Å². The topological polar surface area (TPSA) is 128 Å². The van der Waals surface area contributed by atoms with Crippen molar-refractivity contribution in [3.63, 3.8) is 0 Å². The Morgan fingerprint density at radius 1 is 0.795 bits per heavy atom. The van der Waals surface area contributed by atoms with Crippen LogP contribution in [0.15, 0.2) is 68.8 Å². The number of benzene rings is 3. The predicted molar refractivity (Wildman–Crippen MR) is 154 cm³/mol. The largest absolute Gasteiger partial charge is 0.456 e. The SMILES string of the molecule is CCN(CC)c1ccc2c(-c3ccc(S(=O)(=O)O)cc3S(=O)(=O)O)c3ccc(=[N+](CC)CC)cc-3oc2c1.[Na]. The summed E-state index contributed by atoms with van der Waals surface area (Å²) in [5, 5.41) is 1.50. The fourth-order valence-electron chi connectivity index (χ4n) is 4.81. The molecule has 1 heterocycles. The van der Waals surface area contributed by atoms with Crippen molar-refractivity contribution in [2.75, 3.05) is 31.1 Å². The first-order valence-corrected chi connectivity index (χ1v) is 15.2. The van der Waals surface area contributed by atoms with Crippen LogP contribution in [0.25, 0.3) is 33.4 Å². The molecule has 0 fully saturated rings. The third-order valence-corrected chi connectivity index (χ3v) is 8.49. The van der Waals surface area contributed by atoms with Crippen LogP contribution >= 0.6 is 0 Å². The average Bonchev–Trinajstić information content (AvgIpc) is 2.87. The molecule has 0 aromatic heterocycles. The van der Waals surface area contributed by atoms with Gasteiger partial charge in [0.2, 0.25) is 5.36 Å². The van der Waals surface area contributed by atoms with Gasteiger partial charge in [-0.3, -0.25) is 9.11 Å². The molecule has 0 unspecified atom stereocenters. The zero-order valence-electron chi connectivity index (χ0n) is 22.7. The Balaban J connectivity index is 0.00000420. The molecule has 1 aliphatic heterocycles. The van der Waals surface area contributed by atoms with E-state index in [2.05, 4.69) is 9.48 Å². The van der Waals surface area contributed by atoms with Crippen molar-refractivity contribution in [2.24, 2.45) is 0 Å². The quantitative estimate of drug-likeness (QED) is 0.138. The Labute approximate surface area is 250 Å². The molecule has 0 spiro atoms. The zero-order chi connectivity index (χ0) is 27.8. The minimum absolute atomic E-state index is 0. The van der Waals surface area contributed by atoms with Gasteiger partial charge in [-0.15, -0.1) is 0 Å². The maximum atomic E-state index is 12.5. The maximum Gasteiger partial charge on any atom is 0.295 e. The molecule has 2 N–H and O–H groups in total. The molecule has 0 saturated heterocycles. The average molecular weight is 583 g/mol. The summed E-state index contributed by atoms with van der Waals surface area (Å²) < 4.78 is 76.6. The molecule has 0 bridgehead atoms. The maximum absolute atomic E-state index is 12.5. The van der Waals surface area contributed by atoms with Gasteiger partial charge in [0.15, 0.2) is 0 Å². The molecule has 1 aliphatic carbocycles. The third kappa shape index (κ3) is 6.25. The van der Waals surface area contributed by atoms with E-state index in [0.29, 0.717) is 27.9 Å². The van der Waals surface area contributed by atoms with Crippen LogP contribution in [0.5, 0.6) is 0 Å². The van der Waals surface area contributed by atoms with Gasteiger partial charge in [0.1, 0.15) is 29.3 Å². The summed E-state index contributed by atoms with van der Waals surface area (Å²) >= 11 is 0. The molecule has 2 aliphatic rings. The second kappa shape index (κ2) is 12.1. The first-order valence-electron chi connectivity index (χ1n) is 12.4. The van der Waals surface area contributed by atoms with E-state index in [4.69, 9.17) is 4.42 Å². The van der Waals surface area contributed by atoms with Crippen LogP contribution in [0, 0.1) is 0 Å². The zero-order valence-corrected chi connectivity index (χ0v) is 26.3. The van der Waals surface area contributed by atoms with Gasteiger partial charge in [-0.1, -0.05) is 6.07 Å². The molecule has 39 heavy (non-hydrogen) atoms. The van der Waals surface area contributed by atoms with Crippen molar-refractivity contribution >= 4 is 66.5 Å². The second-order valence-electron chi connectivity index (χ2n) is 8.79. The minimum Gasteiger partial charge on any atom is -0.456 e. The minimum atomic E-state index is -4.88. The predicted octanol–water partition coefficient (Wildman–Crippen LogP) is 3.98. The second-order valence-corrected chi connectivity index (χ2v) is 11.6. The number of fused-ring (bicyclic) bond motifs is 2. The summed E-state index contributed by atoms with van der Waals surface area (Å²) in [4.78, 5) is 0.869. The summed E-state index contributed by atoms with van der Waals surface area (Å²) in [6, 6.07) is 14.4. The fraction of sp³-hybridized carbons (Fsp3) is 0.296. The Bertz CT molecular complexity index is 1770. The van der Waals surface area contributed by atoms with Crippen LogP contribution in [0.2, 0.25) is 0 Å². The molecule has 0 atom stereocenters. The van der Waals surface area contributed by atoms with Crippen molar-refractivity contribution in [3.8, 4) is 22.5 Å². The van der Waals surface area contributed by atoms with E-state index < -0.39 is 30.0 Å². The van der Waals surface area contributed by atoms with E-state index in [1.54, 1.807) is 0 Å². The van der Waals surface area contributed by atoms with Gasteiger partial charge in [0, 0.05) is 82.5 Å². The van der Waals surface area contributed by atoms with Gasteiger partial charge in [-0.05, 0) is 58.0 Å². The molecule has 9 nitrogen and oxygen atoms in total. The first kappa shape index (κ1) is 31.3. The van der Waals surface area contributed by atoms with Gasteiger partial charge in [-0.2, -0.15) is 16.8 Å². The van der Waals surface area contributed by atoms with Crippen molar-refractivity contribution in [3.05, 3.63) is 60.0 Å². The summed E-state index contributed by atoms with van der Waals surface area (Å²) in [6.45, 7) is 11.3. The standard InChI is InChI=1S/C27H30N2O7S2.Na/c1-5-28(6-2)18-9-12-21-24(15-18)36-25-16-19(29(7-3)8-4)10-13-22(25)27(21)23-14-11-20(37(30,31)32)17-26(23)38(33,34)35;/h9-17H,5-8H2,1-4H3,(H-,30,31,32,33,34,35);/p+1. The van der Waals surface area contributed by atoms with E-state index in [1.165, 1.54) is 6.07 Å². The van der Waals surface area contributed by atoms with Gasteiger partial charge in [0.05, 0.1) is 11.0 Å². The van der Waals surface area contributed by atoms with Crippen LogP contribution < -0.4 is 14.8 Å². The summed E-state index contributed by atoms with van der Waals surface area (Å²) in [5.74, 6) is 0.494. The molecular weight excluding hydrogens is 551 g/mol. The Morgan fingerprint density at radius 2 is 1.44 bits per heavy atom. The Hall–Kier alpha value is -2.25. The van der Waals surface area contributed by atoms with Crippen LogP contribution in [-0.2, 0) is 20.2 Å². The van der Waals surface area contributed by atoms with Gasteiger partial charge in [0.25, 0.3) is 20.2 Å². The molecule has 2 aromatic carbocycles. The summed E-state index contributed by atoms with van der Waals surface area (Å²) in [6.07, 6.45) is 0. The number of nitrogens with zero attached hydrogens (tertiary/aromatic N) is 2. The van der Waals surface area contributed by atoms with E-state index >= 15 is 0 Å². The van der Waals surface area contributed by atoms with Crippen LogP contribution in [-0.4, -0.2) is 81.7 Å². The fourth-order valence-corrected chi connectivity index (χ4v) is 6.12. The number of hydrogen-bond donors (Lipinski definition) is 2.